The maximum Gasteiger partial charge on any atom is 0.217 e. The number of ether oxygens (including phenoxy) is 3. The lowest BCUT2D eigenvalue weighted by Gasteiger charge is -2.36. The minimum absolute atomic E-state index is 0.125. The Morgan fingerprint density at radius 1 is 1.00 bits per heavy atom. The standard InChI is InChI=1S/C27H39NO4Si/c1-18(2)21-17-31-26(28-21)20-13-11-15-23(30-7)25(20)24-19(12-10-14-22(24)29-6)16-32-33(8,9)27(3,4)5/h10-15,18,21H,16-17H2,1-9H3/t21-/m1/s1. The number of nitrogens with zero attached hydrogens (tertiary/aromatic N) is 1. The van der Waals surface area contributed by atoms with Crippen molar-refractivity contribution in [1.82, 2.24) is 0 Å². The minimum Gasteiger partial charge on any atom is -0.496 e. The predicted molar refractivity (Wildman–Crippen MR) is 138 cm³/mol. The molecule has 0 fully saturated rings. The maximum absolute atomic E-state index is 6.61. The highest BCUT2D eigenvalue weighted by molar-refractivity contribution is 6.74. The topological polar surface area (TPSA) is 49.3 Å². The summed E-state index contributed by atoms with van der Waals surface area (Å²) >= 11 is 0. The summed E-state index contributed by atoms with van der Waals surface area (Å²) in [6.07, 6.45) is 0. The van der Waals surface area contributed by atoms with Gasteiger partial charge in [0.2, 0.25) is 5.90 Å². The van der Waals surface area contributed by atoms with Crippen LogP contribution in [0, 0.1) is 5.92 Å². The van der Waals surface area contributed by atoms with Gasteiger partial charge in [-0.05, 0) is 47.8 Å². The van der Waals surface area contributed by atoms with Gasteiger partial charge in [-0.25, -0.2) is 4.99 Å². The van der Waals surface area contributed by atoms with Gasteiger partial charge in [-0.3, -0.25) is 0 Å². The summed E-state index contributed by atoms with van der Waals surface area (Å²) in [5.74, 6) is 2.60. The normalized spacial score (nSPS) is 16.5. The van der Waals surface area contributed by atoms with Gasteiger partial charge in [-0.15, -0.1) is 0 Å². The highest BCUT2D eigenvalue weighted by Gasteiger charge is 2.37. The van der Waals surface area contributed by atoms with Crippen LogP contribution in [-0.2, 0) is 15.8 Å². The van der Waals surface area contributed by atoms with Gasteiger partial charge >= 0.3 is 0 Å². The molecule has 0 radical (unpaired) electrons. The van der Waals surface area contributed by atoms with Crippen molar-refractivity contribution >= 4 is 14.2 Å². The average molecular weight is 470 g/mol. The van der Waals surface area contributed by atoms with E-state index in [1.807, 2.05) is 30.3 Å². The molecule has 0 N–H and O–H groups in total. The Labute approximate surface area is 200 Å². The van der Waals surface area contributed by atoms with Crippen LogP contribution in [0.1, 0.15) is 45.7 Å². The van der Waals surface area contributed by atoms with Gasteiger partial charge in [0.1, 0.15) is 18.1 Å². The van der Waals surface area contributed by atoms with Gasteiger partial charge in [0, 0.05) is 16.7 Å². The molecule has 1 heterocycles. The van der Waals surface area contributed by atoms with E-state index in [1.165, 1.54) is 0 Å². The fraction of sp³-hybridized carbons (Fsp3) is 0.519. The zero-order chi connectivity index (χ0) is 24.4. The van der Waals surface area contributed by atoms with Gasteiger partial charge < -0.3 is 18.6 Å². The van der Waals surface area contributed by atoms with Crippen LogP contribution in [0.2, 0.25) is 18.1 Å². The van der Waals surface area contributed by atoms with E-state index in [0.29, 0.717) is 25.0 Å². The summed E-state index contributed by atoms with van der Waals surface area (Å²) in [5, 5.41) is 0.125. The zero-order valence-corrected chi connectivity index (χ0v) is 22.6. The van der Waals surface area contributed by atoms with E-state index >= 15 is 0 Å². The number of hydrogen-bond acceptors (Lipinski definition) is 5. The fourth-order valence-corrected chi connectivity index (χ4v) is 4.59. The monoisotopic (exact) mass is 469 g/mol. The Kier molecular flexibility index (Phi) is 7.59. The molecule has 2 aromatic rings. The van der Waals surface area contributed by atoms with Crippen LogP contribution in [-0.4, -0.2) is 41.1 Å². The molecule has 1 aliphatic heterocycles. The molecule has 0 bridgehead atoms. The lowest BCUT2D eigenvalue weighted by Crippen LogP contribution is -2.40. The third kappa shape index (κ3) is 5.27. The molecule has 3 rings (SSSR count). The molecule has 6 heteroatoms. The third-order valence-corrected chi connectivity index (χ3v) is 11.4. The SMILES string of the molecule is COc1cccc(CO[Si](C)(C)C(C)(C)C)c1-c1c(OC)cccc1C1=N[C@@H](C(C)C)CO1. The Balaban J connectivity index is 2.16. The van der Waals surface area contributed by atoms with Crippen LogP contribution in [0.3, 0.4) is 0 Å². The van der Waals surface area contributed by atoms with Gasteiger partial charge in [0.05, 0.1) is 26.9 Å². The van der Waals surface area contributed by atoms with E-state index in [0.717, 1.165) is 33.8 Å². The van der Waals surface area contributed by atoms with Crippen molar-refractivity contribution < 1.29 is 18.6 Å². The van der Waals surface area contributed by atoms with Crippen molar-refractivity contribution in [1.29, 1.82) is 0 Å². The molecular weight excluding hydrogens is 430 g/mol. The predicted octanol–water partition coefficient (Wildman–Crippen LogP) is 6.69. The zero-order valence-electron chi connectivity index (χ0n) is 21.6. The molecule has 180 valence electrons. The summed E-state index contributed by atoms with van der Waals surface area (Å²) in [4.78, 5) is 4.90. The Morgan fingerprint density at radius 2 is 1.61 bits per heavy atom. The molecule has 0 saturated carbocycles. The molecule has 1 atom stereocenters. The molecule has 0 spiro atoms. The Morgan fingerprint density at radius 3 is 2.15 bits per heavy atom. The molecule has 2 aromatic carbocycles. The summed E-state index contributed by atoms with van der Waals surface area (Å²) < 4.78 is 24.4. The van der Waals surface area contributed by atoms with Gasteiger partial charge in [0.15, 0.2) is 8.32 Å². The smallest absolute Gasteiger partial charge is 0.217 e. The Hall–Kier alpha value is -2.31. The van der Waals surface area contributed by atoms with Crippen molar-refractivity contribution in [3.63, 3.8) is 0 Å². The number of aliphatic imine (C=N–C) groups is 1. The summed E-state index contributed by atoms with van der Waals surface area (Å²) in [6.45, 7) is 16.7. The van der Waals surface area contributed by atoms with Gasteiger partial charge in [-0.2, -0.15) is 0 Å². The second-order valence-electron chi connectivity index (χ2n) is 10.5. The molecule has 0 amide bonds. The Bertz CT molecular complexity index is 1010. The van der Waals surface area contributed by atoms with E-state index in [-0.39, 0.29) is 11.1 Å². The van der Waals surface area contributed by atoms with Crippen molar-refractivity contribution in [3.05, 3.63) is 47.5 Å². The second kappa shape index (κ2) is 9.90. The number of methoxy groups -OCH3 is 2. The molecule has 5 nitrogen and oxygen atoms in total. The van der Waals surface area contributed by atoms with E-state index < -0.39 is 8.32 Å². The molecule has 1 aliphatic rings. The largest absolute Gasteiger partial charge is 0.496 e. The molecule has 33 heavy (non-hydrogen) atoms. The fourth-order valence-electron chi connectivity index (χ4n) is 3.64. The first-order valence-electron chi connectivity index (χ1n) is 11.7. The van der Waals surface area contributed by atoms with Gasteiger partial charge in [0.25, 0.3) is 0 Å². The molecular formula is C27H39NO4Si. The molecule has 0 aliphatic carbocycles. The first-order valence-corrected chi connectivity index (χ1v) is 14.6. The molecule has 0 unspecified atom stereocenters. The van der Waals surface area contributed by atoms with E-state index in [1.54, 1.807) is 14.2 Å². The third-order valence-electron chi connectivity index (χ3n) is 6.90. The van der Waals surface area contributed by atoms with Crippen LogP contribution in [0.15, 0.2) is 41.4 Å². The van der Waals surface area contributed by atoms with E-state index in [4.69, 9.17) is 23.6 Å². The van der Waals surface area contributed by atoms with Crippen LogP contribution in [0.5, 0.6) is 11.5 Å². The van der Waals surface area contributed by atoms with Crippen molar-refractivity contribution in [3.8, 4) is 22.6 Å². The number of rotatable bonds is 8. The first kappa shape index (κ1) is 25.3. The lowest BCUT2D eigenvalue weighted by atomic mass is 9.93. The minimum atomic E-state index is -1.94. The van der Waals surface area contributed by atoms with E-state index in [2.05, 4.69) is 53.8 Å². The van der Waals surface area contributed by atoms with E-state index in [9.17, 15) is 0 Å². The van der Waals surface area contributed by atoms with Crippen molar-refractivity contribution in [2.24, 2.45) is 10.9 Å². The highest BCUT2D eigenvalue weighted by atomic mass is 28.4. The van der Waals surface area contributed by atoms with Crippen LogP contribution >= 0.6 is 0 Å². The van der Waals surface area contributed by atoms with Crippen molar-refractivity contribution in [2.45, 2.75) is 65.4 Å². The first-order chi connectivity index (χ1) is 15.5. The molecule has 0 saturated heterocycles. The maximum atomic E-state index is 6.61. The van der Waals surface area contributed by atoms with Crippen LogP contribution in [0.4, 0.5) is 0 Å². The quantitative estimate of drug-likeness (QED) is 0.404. The molecule has 0 aromatic heterocycles. The van der Waals surface area contributed by atoms with Crippen molar-refractivity contribution in [2.75, 3.05) is 20.8 Å². The highest BCUT2D eigenvalue weighted by Crippen LogP contribution is 2.44. The number of benzene rings is 2. The number of hydrogen-bond donors (Lipinski definition) is 0. The lowest BCUT2D eigenvalue weighted by molar-refractivity contribution is 0.276. The van der Waals surface area contributed by atoms with Gasteiger partial charge in [-0.1, -0.05) is 52.8 Å². The summed E-state index contributed by atoms with van der Waals surface area (Å²) in [6, 6.07) is 12.3. The summed E-state index contributed by atoms with van der Waals surface area (Å²) in [5.41, 5.74) is 3.86. The second-order valence-corrected chi connectivity index (χ2v) is 15.3. The van der Waals surface area contributed by atoms with Crippen LogP contribution < -0.4 is 9.47 Å². The summed E-state index contributed by atoms with van der Waals surface area (Å²) in [7, 11) is 1.45. The average Bonchev–Trinajstić information content (AvgIpc) is 3.26. The van der Waals surface area contributed by atoms with Crippen LogP contribution in [0.25, 0.3) is 11.1 Å².